The summed E-state index contributed by atoms with van der Waals surface area (Å²) in [6.45, 7) is 0.264. The van der Waals surface area contributed by atoms with Crippen molar-refractivity contribution >= 4 is 17.2 Å². The quantitative estimate of drug-likeness (QED) is 0.905. The fourth-order valence-electron chi connectivity index (χ4n) is 3.21. The Labute approximate surface area is 146 Å². The number of hydrogen-bond donors (Lipinski definition) is 1. The highest BCUT2D eigenvalue weighted by Gasteiger charge is 2.26. The predicted octanol–water partition coefficient (Wildman–Crippen LogP) is 2.76. The minimum Gasteiger partial charge on any atom is -0.396 e. The third kappa shape index (κ3) is 3.99. The number of hydrogen-bond acceptors (Lipinski definition) is 5. The highest BCUT2D eigenvalue weighted by atomic mass is 32.1. The molecule has 0 radical (unpaired) electrons. The second-order valence-electron chi connectivity index (χ2n) is 6.42. The lowest BCUT2D eigenvalue weighted by Crippen LogP contribution is -2.40. The maximum atomic E-state index is 12.5. The third-order valence-corrected chi connectivity index (χ3v) is 5.75. The first-order valence-electron chi connectivity index (χ1n) is 8.38. The summed E-state index contributed by atoms with van der Waals surface area (Å²) in [5.74, 6) is 0.524. The van der Waals surface area contributed by atoms with E-state index in [1.807, 2.05) is 29.5 Å². The lowest BCUT2D eigenvalue weighted by atomic mass is 9.86. The van der Waals surface area contributed by atoms with Gasteiger partial charge in [0.1, 0.15) is 5.01 Å². The van der Waals surface area contributed by atoms with E-state index >= 15 is 0 Å². The number of nitrogens with zero attached hydrogens (tertiary/aromatic N) is 3. The van der Waals surface area contributed by atoms with Gasteiger partial charge < -0.3 is 10.0 Å². The Bertz CT molecular complexity index is 666. The van der Waals surface area contributed by atoms with Gasteiger partial charge in [0.05, 0.1) is 12.1 Å². The molecule has 3 rings (SSSR count). The van der Waals surface area contributed by atoms with Gasteiger partial charge in [-0.05, 0) is 43.7 Å². The molecule has 2 aromatic rings. The largest absolute Gasteiger partial charge is 0.396 e. The first-order chi connectivity index (χ1) is 11.7. The topological polar surface area (TPSA) is 66.3 Å². The second-order valence-corrected chi connectivity index (χ2v) is 7.28. The van der Waals surface area contributed by atoms with E-state index in [-0.39, 0.29) is 18.6 Å². The maximum Gasteiger partial charge on any atom is 0.228 e. The molecule has 1 N–H and O–H groups in total. The van der Waals surface area contributed by atoms with Gasteiger partial charge in [0.25, 0.3) is 0 Å². The van der Waals surface area contributed by atoms with Crippen molar-refractivity contribution in [3.8, 4) is 10.6 Å². The summed E-state index contributed by atoms with van der Waals surface area (Å²) >= 11 is 1.55. The second kappa shape index (κ2) is 7.85. The van der Waals surface area contributed by atoms with Crippen LogP contribution in [0.1, 0.15) is 31.4 Å². The van der Waals surface area contributed by atoms with Crippen LogP contribution in [0.5, 0.6) is 0 Å². The Hall–Kier alpha value is -1.79. The highest BCUT2D eigenvalue weighted by Crippen LogP contribution is 2.27. The van der Waals surface area contributed by atoms with Crippen LogP contribution in [0, 0.1) is 5.92 Å². The average Bonchev–Trinajstić information content (AvgIpc) is 3.10. The first kappa shape index (κ1) is 17.0. The molecule has 0 bridgehead atoms. The van der Waals surface area contributed by atoms with Crippen molar-refractivity contribution < 1.29 is 9.90 Å². The molecule has 0 saturated heterocycles. The molecule has 128 valence electrons. The summed E-state index contributed by atoms with van der Waals surface area (Å²) in [4.78, 5) is 23.1. The summed E-state index contributed by atoms with van der Waals surface area (Å²) in [5.41, 5.74) is 1.80. The fraction of sp³-hybridized carbons (Fsp3) is 0.500. The van der Waals surface area contributed by atoms with Gasteiger partial charge in [0.2, 0.25) is 5.91 Å². The zero-order chi connectivity index (χ0) is 16.9. The van der Waals surface area contributed by atoms with Gasteiger partial charge in [-0.15, -0.1) is 11.3 Å². The Morgan fingerprint density at radius 2 is 2.17 bits per heavy atom. The Balaban J connectivity index is 1.58. The molecular formula is C18H23N3O2S. The first-order valence-corrected chi connectivity index (χ1v) is 9.26. The van der Waals surface area contributed by atoms with Crippen LogP contribution in [0.25, 0.3) is 10.6 Å². The summed E-state index contributed by atoms with van der Waals surface area (Å²) in [5, 5.41) is 12.1. The molecule has 1 amide bonds. The van der Waals surface area contributed by atoms with Crippen LogP contribution < -0.4 is 0 Å². The van der Waals surface area contributed by atoms with Crippen molar-refractivity contribution in [2.24, 2.45) is 5.92 Å². The molecule has 0 spiro atoms. The minimum atomic E-state index is 0.116. The lowest BCUT2D eigenvalue weighted by Gasteiger charge is -2.34. The number of thiazole rings is 1. The number of aliphatic hydroxyl groups is 1. The van der Waals surface area contributed by atoms with Gasteiger partial charge in [0.15, 0.2) is 0 Å². The van der Waals surface area contributed by atoms with Gasteiger partial charge in [-0.2, -0.15) is 0 Å². The Morgan fingerprint density at radius 1 is 1.38 bits per heavy atom. The molecule has 0 aliphatic heterocycles. The van der Waals surface area contributed by atoms with Crippen LogP contribution >= 0.6 is 11.3 Å². The van der Waals surface area contributed by atoms with Gasteiger partial charge >= 0.3 is 0 Å². The van der Waals surface area contributed by atoms with Crippen LogP contribution in [0.3, 0.4) is 0 Å². The van der Waals surface area contributed by atoms with Crippen molar-refractivity contribution in [1.82, 2.24) is 14.9 Å². The van der Waals surface area contributed by atoms with E-state index in [9.17, 15) is 9.90 Å². The van der Waals surface area contributed by atoms with Crippen molar-refractivity contribution in [2.45, 2.75) is 38.1 Å². The standard InChI is InChI=1S/C18H23N3O2S/c1-21(16-6-4-13(11-22)5-7-16)17(23)9-15-12-24-18(20-15)14-3-2-8-19-10-14/h2-3,8,10,12-13,16,22H,4-7,9,11H2,1H3. The number of aromatic nitrogens is 2. The Kier molecular flexibility index (Phi) is 5.58. The van der Waals surface area contributed by atoms with Gasteiger partial charge in [0, 0.05) is 43.0 Å². The van der Waals surface area contributed by atoms with Crippen molar-refractivity contribution in [3.05, 3.63) is 35.6 Å². The molecular weight excluding hydrogens is 322 g/mol. The summed E-state index contributed by atoms with van der Waals surface area (Å²) in [6.07, 6.45) is 7.82. The minimum absolute atomic E-state index is 0.116. The van der Waals surface area contributed by atoms with E-state index in [4.69, 9.17) is 0 Å². The number of aliphatic hydroxyl groups excluding tert-OH is 1. The van der Waals surface area contributed by atoms with Gasteiger partial charge in [-0.1, -0.05) is 0 Å². The number of pyridine rings is 1. The highest BCUT2D eigenvalue weighted by molar-refractivity contribution is 7.13. The number of likely N-dealkylation sites (N-methyl/N-ethyl adjacent to an activating group) is 1. The van der Waals surface area contributed by atoms with Crippen molar-refractivity contribution in [3.63, 3.8) is 0 Å². The van der Waals surface area contributed by atoms with E-state index in [0.717, 1.165) is 41.9 Å². The maximum absolute atomic E-state index is 12.5. The number of amides is 1. The molecule has 0 atom stereocenters. The van der Waals surface area contributed by atoms with E-state index in [1.54, 1.807) is 23.7 Å². The molecule has 1 fully saturated rings. The molecule has 1 aliphatic rings. The van der Waals surface area contributed by atoms with Gasteiger partial charge in [-0.3, -0.25) is 9.78 Å². The van der Waals surface area contributed by atoms with Crippen LogP contribution in [0.2, 0.25) is 0 Å². The van der Waals surface area contributed by atoms with Crippen LogP contribution in [-0.4, -0.2) is 45.6 Å². The monoisotopic (exact) mass is 345 g/mol. The van der Waals surface area contributed by atoms with E-state index < -0.39 is 0 Å². The van der Waals surface area contributed by atoms with Crippen LogP contribution in [0.15, 0.2) is 29.9 Å². The molecule has 24 heavy (non-hydrogen) atoms. The normalized spacial score (nSPS) is 20.8. The van der Waals surface area contributed by atoms with Crippen LogP contribution in [0.4, 0.5) is 0 Å². The fourth-order valence-corrected chi connectivity index (χ4v) is 4.02. The van der Waals surface area contributed by atoms with Crippen molar-refractivity contribution in [1.29, 1.82) is 0 Å². The Morgan fingerprint density at radius 3 is 2.83 bits per heavy atom. The third-order valence-electron chi connectivity index (χ3n) is 4.81. The molecule has 0 unspecified atom stereocenters. The molecule has 2 heterocycles. The zero-order valence-corrected chi connectivity index (χ0v) is 14.7. The summed E-state index contributed by atoms with van der Waals surface area (Å²) < 4.78 is 0. The lowest BCUT2D eigenvalue weighted by molar-refractivity contribution is -0.132. The van der Waals surface area contributed by atoms with Crippen LogP contribution in [-0.2, 0) is 11.2 Å². The predicted molar refractivity (Wildman–Crippen MR) is 94.7 cm³/mol. The molecule has 6 heteroatoms. The molecule has 1 saturated carbocycles. The SMILES string of the molecule is CN(C(=O)Cc1csc(-c2cccnc2)n1)C1CCC(CO)CC1. The molecule has 5 nitrogen and oxygen atoms in total. The summed E-state index contributed by atoms with van der Waals surface area (Å²) in [7, 11) is 1.89. The zero-order valence-electron chi connectivity index (χ0n) is 13.9. The van der Waals surface area contributed by atoms with E-state index in [0.29, 0.717) is 12.3 Å². The van der Waals surface area contributed by atoms with Gasteiger partial charge in [-0.25, -0.2) is 4.98 Å². The number of carbonyl (C=O) groups excluding carboxylic acids is 1. The van der Waals surface area contributed by atoms with Crippen molar-refractivity contribution in [2.75, 3.05) is 13.7 Å². The number of rotatable bonds is 5. The number of carbonyl (C=O) groups is 1. The average molecular weight is 345 g/mol. The summed E-state index contributed by atoms with van der Waals surface area (Å²) in [6, 6.07) is 4.15. The molecule has 1 aliphatic carbocycles. The molecule has 2 aromatic heterocycles. The smallest absolute Gasteiger partial charge is 0.228 e. The van der Waals surface area contributed by atoms with E-state index in [2.05, 4.69) is 9.97 Å². The molecule has 0 aromatic carbocycles. The van der Waals surface area contributed by atoms with E-state index in [1.165, 1.54) is 0 Å².